The average Bonchev–Trinajstić information content (AvgIpc) is 3.18. The summed E-state index contributed by atoms with van der Waals surface area (Å²) in [6, 6.07) is 4.62. The van der Waals surface area contributed by atoms with Crippen molar-refractivity contribution in [2.24, 2.45) is 0 Å². The van der Waals surface area contributed by atoms with E-state index in [-0.39, 0.29) is 18.1 Å². The van der Waals surface area contributed by atoms with Crippen LogP contribution in [0, 0.1) is 0 Å². The van der Waals surface area contributed by atoms with E-state index in [1.807, 2.05) is 26.2 Å². The number of carbonyl (C=O) groups is 1. The van der Waals surface area contributed by atoms with Gasteiger partial charge in [0.1, 0.15) is 5.76 Å². The van der Waals surface area contributed by atoms with Crippen LogP contribution in [0.2, 0.25) is 0 Å². The topological polar surface area (TPSA) is 60.8 Å². The molecule has 6 nitrogen and oxygen atoms in total. The van der Waals surface area contributed by atoms with E-state index in [1.165, 1.54) is 25.8 Å². The van der Waals surface area contributed by atoms with Gasteiger partial charge >= 0.3 is 6.03 Å². The van der Waals surface area contributed by atoms with Crippen molar-refractivity contribution >= 4 is 6.03 Å². The molecule has 0 aliphatic carbocycles. The number of fused-ring (bicyclic) bond motifs is 1. The van der Waals surface area contributed by atoms with E-state index in [4.69, 9.17) is 4.42 Å². The lowest BCUT2D eigenvalue weighted by molar-refractivity contribution is 0.178. The number of rotatable bonds is 5. The standard InChI is InChI=1S/C17H28N4O2/c1-20(2)15(16-7-5-11-23-16)12-18-17(22)19-13-8-10-21-9-4-3-6-14(13)21/h5,7,11,13-15H,3-4,6,8-10,12H2,1-2H3,(H2,18,19,22)/t13-,14-,15-/m1/s1. The maximum Gasteiger partial charge on any atom is 0.315 e. The van der Waals surface area contributed by atoms with Crippen LogP contribution in [0.15, 0.2) is 22.8 Å². The van der Waals surface area contributed by atoms with Gasteiger partial charge in [-0.1, -0.05) is 6.42 Å². The Bertz CT molecular complexity index is 503. The Morgan fingerprint density at radius 3 is 3.00 bits per heavy atom. The number of nitrogens with zero attached hydrogens (tertiary/aromatic N) is 2. The number of carbonyl (C=O) groups excluding carboxylic acids is 1. The van der Waals surface area contributed by atoms with Crippen LogP contribution in [0.4, 0.5) is 4.79 Å². The van der Waals surface area contributed by atoms with Gasteiger partial charge in [-0.05, 0) is 52.0 Å². The molecule has 0 unspecified atom stereocenters. The maximum absolute atomic E-state index is 12.3. The third kappa shape index (κ3) is 3.87. The molecule has 1 aromatic rings. The van der Waals surface area contributed by atoms with Gasteiger partial charge in [0.15, 0.2) is 0 Å². The van der Waals surface area contributed by atoms with E-state index < -0.39 is 0 Å². The highest BCUT2D eigenvalue weighted by Crippen LogP contribution is 2.27. The molecule has 2 aliphatic heterocycles. The Kier molecular flexibility index (Phi) is 5.23. The van der Waals surface area contributed by atoms with Gasteiger partial charge in [0.2, 0.25) is 0 Å². The largest absolute Gasteiger partial charge is 0.468 e. The number of urea groups is 1. The number of likely N-dealkylation sites (N-methyl/N-ethyl adjacent to an activating group) is 1. The molecule has 0 bridgehead atoms. The van der Waals surface area contributed by atoms with Gasteiger partial charge in [0.05, 0.1) is 12.3 Å². The van der Waals surface area contributed by atoms with E-state index in [9.17, 15) is 4.79 Å². The summed E-state index contributed by atoms with van der Waals surface area (Å²) in [6.07, 6.45) is 6.51. The highest BCUT2D eigenvalue weighted by molar-refractivity contribution is 5.74. The number of amides is 2. The fraction of sp³-hybridized carbons (Fsp3) is 0.706. The molecule has 128 valence electrons. The molecule has 2 aliphatic rings. The van der Waals surface area contributed by atoms with Crippen LogP contribution in [-0.2, 0) is 0 Å². The van der Waals surface area contributed by atoms with E-state index in [0.29, 0.717) is 12.6 Å². The Morgan fingerprint density at radius 2 is 2.26 bits per heavy atom. The monoisotopic (exact) mass is 320 g/mol. The summed E-state index contributed by atoms with van der Waals surface area (Å²) in [7, 11) is 3.98. The second-order valence-electron chi connectivity index (χ2n) is 6.84. The second-order valence-corrected chi connectivity index (χ2v) is 6.84. The average molecular weight is 320 g/mol. The van der Waals surface area contributed by atoms with Crippen LogP contribution in [0.1, 0.15) is 37.5 Å². The Morgan fingerprint density at radius 1 is 1.39 bits per heavy atom. The van der Waals surface area contributed by atoms with Crippen LogP contribution < -0.4 is 10.6 Å². The third-order valence-corrected chi connectivity index (χ3v) is 5.12. The quantitative estimate of drug-likeness (QED) is 0.869. The molecular formula is C17H28N4O2. The van der Waals surface area contributed by atoms with Crippen molar-refractivity contribution in [2.75, 3.05) is 33.7 Å². The first-order chi connectivity index (χ1) is 11.1. The molecule has 1 aromatic heterocycles. The van der Waals surface area contributed by atoms with Crippen molar-refractivity contribution in [2.45, 2.75) is 43.8 Å². The lowest BCUT2D eigenvalue weighted by Crippen LogP contribution is -2.50. The lowest BCUT2D eigenvalue weighted by Gasteiger charge is -2.32. The summed E-state index contributed by atoms with van der Waals surface area (Å²) < 4.78 is 5.47. The van der Waals surface area contributed by atoms with Crippen molar-refractivity contribution in [1.29, 1.82) is 0 Å². The maximum atomic E-state index is 12.3. The molecule has 3 atom stereocenters. The van der Waals surface area contributed by atoms with Crippen molar-refractivity contribution in [1.82, 2.24) is 20.4 Å². The number of hydrogen-bond donors (Lipinski definition) is 2. The second kappa shape index (κ2) is 7.36. The number of hydrogen-bond acceptors (Lipinski definition) is 4. The van der Waals surface area contributed by atoms with Gasteiger partial charge in [-0.3, -0.25) is 9.80 Å². The molecule has 0 saturated carbocycles. The van der Waals surface area contributed by atoms with Crippen LogP contribution in [0.3, 0.4) is 0 Å². The molecular weight excluding hydrogens is 292 g/mol. The number of nitrogens with one attached hydrogen (secondary N) is 2. The zero-order valence-corrected chi connectivity index (χ0v) is 14.1. The fourth-order valence-corrected chi connectivity index (χ4v) is 3.84. The minimum atomic E-state index is -0.0687. The van der Waals surface area contributed by atoms with Gasteiger partial charge in [-0.2, -0.15) is 0 Å². The summed E-state index contributed by atoms with van der Waals surface area (Å²) in [5, 5.41) is 6.18. The first-order valence-corrected chi connectivity index (χ1v) is 8.63. The van der Waals surface area contributed by atoms with E-state index in [1.54, 1.807) is 6.26 Å². The van der Waals surface area contributed by atoms with Gasteiger partial charge in [0.25, 0.3) is 0 Å². The first-order valence-electron chi connectivity index (χ1n) is 8.63. The molecule has 3 rings (SSSR count). The lowest BCUT2D eigenvalue weighted by atomic mass is 9.99. The smallest absolute Gasteiger partial charge is 0.315 e. The fourth-order valence-electron chi connectivity index (χ4n) is 3.84. The minimum absolute atomic E-state index is 0.0468. The predicted octanol–water partition coefficient (Wildman–Crippen LogP) is 1.81. The molecule has 6 heteroatoms. The highest BCUT2D eigenvalue weighted by atomic mass is 16.3. The van der Waals surface area contributed by atoms with Gasteiger partial charge in [-0.25, -0.2) is 4.79 Å². The zero-order chi connectivity index (χ0) is 16.2. The van der Waals surface area contributed by atoms with Crippen LogP contribution in [-0.4, -0.2) is 61.6 Å². The van der Waals surface area contributed by atoms with Crippen LogP contribution in [0.25, 0.3) is 0 Å². The minimum Gasteiger partial charge on any atom is -0.468 e. The molecule has 2 N–H and O–H groups in total. The molecule has 0 aromatic carbocycles. The zero-order valence-electron chi connectivity index (χ0n) is 14.1. The molecule has 23 heavy (non-hydrogen) atoms. The van der Waals surface area contributed by atoms with Gasteiger partial charge in [-0.15, -0.1) is 0 Å². The summed E-state index contributed by atoms with van der Waals surface area (Å²) >= 11 is 0. The number of furan rings is 1. The van der Waals surface area contributed by atoms with Crippen LogP contribution >= 0.6 is 0 Å². The predicted molar refractivity (Wildman–Crippen MR) is 89.3 cm³/mol. The van der Waals surface area contributed by atoms with Crippen LogP contribution in [0.5, 0.6) is 0 Å². The summed E-state index contributed by atoms with van der Waals surface area (Å²) in [4.78, 5) is 16.9. The summed E-state index contributed by atoms with van der Waals surface area (Å²) in [5.41, 5.74) is 0. The van der Waals surface area contributed by atoms with Crippen molar-refractivity contribution in [3.05, 3.63) is 24.2 Å². The third-order valence-electron chi connectivity index (χ3n) is 5.12. The SMILES string of the molecule is CN(C)[C@H](CNC(=O)N[C@@H]1CCN2CCCC[C@H]12)c1ccco1. The first kappa shape index (κ1) is 16.3. The van der Waals surface area contributed by atoms with E-state index in [2.05, 4.69) is 20.4 Å². The van der Waals surface area contributed by atoms with E-state index in [0.717, 1.165) is 18.7 Å². The highest BCUT2D eigenvalue weighted by Gasteiger charge is 2.36. The summed E-state index contributed by atoms with van der Waals surface area (Å²) in [6.45, 7) is 2.83. The van der Waals surface area contributed by atoms with Crippen molar-refractivity contribution < 1.29 is 9.21 Å². The molecule has 0 spiro atoms. The molecule has 2 saturated heterocycles. The van der Waals surface area contributed by atoms with Gasteiger partial charge < -0.3 is 15.1 Å². The Labute approximate surface area is 138 Å². The number of piperidine rings is 1. The Hall–Kier alpha value is -1.53. The molecule has 2 amide bonds. The van der Waals surface area contributed by atoms with Gasteiger partial charge in [0, 0.05) is 25.2 Å². The van der Waals surface area contributed by atoms with Crippen molar-refractivity contribution in [3.8, 4) is 0 Å². The van der Waals surface area contributed by atoms with Crippen molar-refractivity contribution in [3.63, 3.8) is 0 Å². The Balaban J connectivity index is 1.49. The summed E-state index contributed by atoms with van der Waals surface area (Å²) in [5.74, 6) is 0.870. The molecule has 0 radical (unpaired) electrons. The van der Waals surface area contributed by atoms with E-state index >= 15 is 0 Å². The molecule has 3 heterocycles. The normalized spacial score (nSPS) is 26.0. The molecule has 2 fully saturated rings.